The molecule has 0 spiro atoms. The Labute approximate surface area is 228 Å². The van der Waals surface area contributed by atoms with Gasteiger partial charge in [0.25, 0.3) is 0 Å². The van der Waals surface area contributed by atoms with E-state index < -0.39 is 16.8 Å². The van der Waals surface area contributed by atoms with Gasteiger partial charge < -0.3 is 20.1 Å². The molecule has 11 heteroatoms. The number of thiazole rings is 1. The maximum Gasteiger partial charge on any atom is 0.240 e. The number of fused-ring (bicyclic) bond motifs is 1. The molecule has 1 saturated heterocycles. The summed E-state index contributed by atoms with van der Waals surface area (Å²) in [6.07, 6.45) is 3.88. The second-order valence-electron chi connectivity index (χ2n) is 9.56. The summed E-state index contributed by atoms with van der Waals surface area (Å²) in [5.41, 5.74) is 1.19. The predicted octanol–water partition coefficient (Wildman–Crippen LogP) is 5.95. The van der Waals surface area contributed by atoms with Crippen molar-refractivity contribution >= 4 is 44.7 Å². The largest absolute Gasteiger partial charge is 0.436 e. The van der Waals surface area contributed by atoms with Crippen molar-refractivity contribution in [2.75, 3.05) is 23.1 Å². The number of benzene rings is 2. The number of halogens is 1. The number of ether oxygens (including phenoxy) is 1. The molecule has 5 rings (SSSR count). The second kappa shape index (κ2) is 11.3. The molecular formula is C27H31FN6O2S2. The topological polar surface area (TPSA) is 101 Å². The maximum absolute atomic E-state index is 15.7. The van der Waals surface area contributed by atoms with Crippen molar-refractivity contribution in [2.24, 2.45) is 0 Å². The Hall–Kier alpha value is -3.15. The number of piperidine rings is 1. The fourth-order valence-electron chi connectivity index (χ4n) is 4.40. The third-order valence-corrected chi connectivity index (χ3v) is 8.62. The van der Waals surface area contributed by atoms with Crippen LogP contribution in [0.3, 0.4) is 0 Å². The SMILES string of the molecule is Cc1nc(Oc2c(C)c(F)c(NS(=O)C(C)C)c3ccccc23)c(-c2ccnc(NC3CCCNC3)n2)s1. The summed E-state index contributed by atoms with van der Waals surface area (Å²) in [6.45, 7) is 9.09. The van der Waals surface area contributed by atoms with Crippen LogP contribution in [0.1, 0.15) is 37.3 Å². The maximum atomic E-state index is 15.7. The van der Waals surface area contributed by atoms with Gasteiger partial charge in [-0.15, -0.1) is 11.3 Å². The van der Waals surface area contributed by atoms with Crippen LogP contribution < -0.4 is 20.1 Å². The van der Waals surface area contributed by atoms with E-state index in [1.165, 1.54) is 11.3 Å². The Kier molecular flexibility index (Phi) is 7.87. The number of rotatable bonds is 8. The zero-order valence-corrected chi connectivity index (χ0v) is 23.4. The minimum absolute atomic E-state index is 0.174. The van der Waals surface area contributed by atoms with Crippen molar-refractivity contribution in [3.63, 3.8) is 0 Å². The molecular weight excluding hydrogens is 523 g/mol. The number of aromatic nitrogens is 3. The number of hydrogen-bond acceptors (Lipinski definition) is 8. The fourth-order valence-corrected chi connectivity index (χ4v) is 5.86. The van der Waals surface area contributed by atoms with Crippen molar-refractivity contribution in [1.29, 1.82) is 0 Å². The average Bonchev–Trinajstić information content (AvgIpc) is 3.29. The van der Waals surface area contributed by atoms with Gasteiger partial charge in [0.1, 0.15) is 21.6 Å². The van der Waals surface area contributed by atoms with Gasteiger partial charge in [0.05, 0.1) is 16.4 Å². The van der Waals surface area contributed by atoms with Crippen LogP contribution in [0.5, 0.6) is 11.6 Å². The van der Waals surface area contributed by atoms with E-state index >= 15 is 4.39 Å². The molecule has 0 bridgehead atoms. The quantitative estimate of drug-likeness (QED) is 0.247. The van der Waals surface area contributed by atoms with E-state index in [0.29, 0.717) is 39.6 Å². The standard InChI is InChI=1S/C27H31FN6O2S2/c1-15(2)38(35)34-23-19-9-5-6-10-20(19)24(16(3)22(23)28)36-26-25(37-17(4)31-26)21-11-13-30-27(33-21)32-18-8-7-12-29-14-18/h5-6,9-11,13,15,18,29,34H,7-8,12,14H2,1-4H3,(H,30,32,33). The van der Waals surface area contributed by atoms with E-state index in [-0.39, 0.29) is 17.0 Å². The molecule has 1 aliphatic rings. The molecule has 0 amide bonds. The fraction of sp³-hybridized carbons (Fsp3) is 0.370. The molecule has 200 valence electrons. The first kappa shape index (κ1) is 26.5. The Morgan fingerprint density at radius 3 is 2.71 bits per heavy atom. The smallest absolute Gasteiger partial charge is 0.240 e. The van der Waals surface area contributed by atoms with Gasteiger partial charge in [-0.1, -0.05) is 24.3 Å². The van der Waals surface area contributed by atoms with E-state index in [9.17, 15) is 4.21 Å². The Bertz CT molecular complexity index is 1490. The molecule has 1 aliphatic heterocycles. The van der Waals surface area contributed by atoms with Crippen molar-refractivity contribution in [2.45, 2.75) is 51.8 Å². The number of nitrogens with one attached hydrogen (secondary N) is 3. The van der Waals surface area contributed by atoms with Gasteiger partial charge in [-0.2, -0.15) is 0 Å². The molecule has 1 fully saturated rings. The molecule has 8 nitrogen and oxygen atoms in total. The lowest BCUT2D eigenvalue weighted by atomic mass is 10.0. The molecule has 0 aliphatic carbocycles. The molecule has 2 aromatic heterocycles. The molecule has 2 atom stereocenters. The third-order valence-electron chi connectivity index (χ3n) is 6.38. The summed E-state index contributed by atoms with van der Waals surface area (Å²) in [5, 5.41) is 8.71. The van der Waals surface area contributed by atoms with E-state index in [4.69, 9.17) is 9.72 Å². The highest BCUT2D eigenvalue weighted by Crippen LogP contribution is 2.43. The molecule has 38 heavy (non-hydrogen) atoms. The lowest BCUT2D eigenvalue weighted by Gasteiger charge is -2.23. The van der Waals surface area contributed by atoms with Gasteiger partial charge >= 0.3 is 0 Å². The van der Waals surface area contributed by atoms with E-state index in [1.54, 1.807) is 19.2 Å². The van der Waals surface area contributed by atoms with E-state index in [0.717, 1.165) is 35.8 Å². The average molecular weight is 555 g/mol. The van der Waals surface area contributed by atoms with Crippen LogP contribution in [-0.4, -0.2) is 43.5 Å². The van der Waals surface area contributed by atoms with Gasteiger partial charge in [0.2, 0.25) is 11.8 Å². The van der Waals surface area contributed by atoms with Crippen LogP contribution in [0, 0.1) is 19.7 Å². The minimum Gasteiger partial charge on any atom is -0.436 e. The van der Waals surface area contributed by atoms with Gasteiger partial charge in [-0.25, -0.2) is 23.6 Å². The number of anilines is 2. The zero-order valence-electron chi connectivity index (χ0n) is 21.8. The monoisotopic (exact) mass is 554 g/mol. The lowest BCUT2D eigenvalue weighted by molar-refractivity contribution is 0.463. The second-order valence-corrected chi connectivity index (χ2v) is 12.5. The van der Waals surface area contributed by atoms with Gasteiger partial charge in [0, 0.05) is 40.4 Å². The molecule has 3 N–H and O–H groups in total. The van der Waals surface area contributed by atoms with Crippen LogP contribution in [-0.2, 0) is 11.0 Å². The van der Waals surface area contributed by atoms with Gasteiger partial charge in [0.15, 0.2) is 5.82 Å². The third kappa shape index (κ3) is 5.50. The summed E-state index contributed by atoms with van der Waals surface area (Å²) in [6, 6.07) is 9.44. The van der Waals surface area contributed by atoms with Crippen molar-refractivity contribution in [1.82, 2.24) is 20.3 Å². The summed E-state index contributed by atoms with van der Waals surface area (Å²) < 4.78 is 37.5. The van der Waals surface area contributed by atoms with Crippen LogP contribution in [0.4, 0.5) is 16.0 Å². The number of aryl methyl sites for hydroxylation is 1. The van der Waals surface area contributed by atoms with Crippen molar-refractivity contribution < 1.29 is 13.3 Å². The van der Waals surface area contributed by atoms with Crippen LogP contribution >= 0.6 is 11.3 Å². The highest BCUT2D eigenvalue weighted by Gasteiger charge is 2.23. The Balaban J connectivity index is 1.52. The summed E-state index contributed by atoms with van der Waals surface area (Å²) >= 11 is 1.46. The lowest BCUT2D eigenvalue weighted by Crippen LogP contribution is -2.38. The predicted molar refractivity (Wildman–Crippen MR) is 153 cm³/mol. The first-order valence-electron chi connectivity index (χ1n) is 12.7. The van der Waals surface area contributed by atoms with Gasteiger partial charge in [-0.05, 0) is 53.1 Å². The van der Waals surface area contributed by atoms with Crippen molar-refractivity contribution in [3.05, 3.63) is 52.9 Å². The highest BCUT2D eigenvalue weighted by atomic mass is 32.2. The molecule has 0 radical (unpaired) electrons. The van der Waals surface area contributed by atoms with Crippen LogP contribution in [0.2, 0.25) is 0 Å². The van der Waals surface area contributed by atoms with Crippen LogP contribution in [0.15, 0.2) is 36.5 Å². The molecule has 0 saturated carbocycles. The normalized spacial score (nSPS) is 16.5. The highest BCUT2D eigenvalue weighted by molar-refractivity contribution is 7.86. The summed E-state index contributed by atoms with van der Waals surface area (Å²) in [7, 11) is -1.44. The molecule has 2 aromatic carbocycles. The first-order valence-corrected chi connectivity index (χ1v) is 14.7. The van der Waals surface area contributed by atoms with E-state index in [2.05, 4.69) is 25.3 Å². The minimum atomic E-state index is -1.44. The molecule has 3 heterocycles. The Morgan fingerprint density at radius 1 is 1.18 bits per heavy atom. The van der Waals surface area contributed by atoms with Crippen LogP contribution in [0.25, 0.3) is 21.3 Å². The van der Waals surface area contributed by atoms with Gasteiger partial charge in [-0.3, -0.25) is 0 Å². The number of hydrogen-bond donors (Lipinski definition) is 3. The summed E-state index contributed by atoms with van der Waals surface area (Å²) in [5.74, 6) is 0.770. The Morgan fingerprint density at radius 2 is 1.97 bits per heavy atom. The molecule has 4 aromatic rings. The zero-order chi connectivity index (χ0) is 26.8. The number of nitrogens with zero attached hydrogens (tertiary/aromatic N) is 3. The summed E-state index contributed by atoms with van der Waals surface area (Å²) in [4.78, 5) is 14.5. The molecule has 2 unspecified atom stereocenters. The first-order chi connectivity index (χ1) is 18.3. The van der Waals surface area contributed by atoms with E-state index in [1.807, 2.05) is 45.0 Å². The van der Waals surface area contributed by atoms with Crippen molar-refractivity contribution in [3.8, 4) is 22.2 Å².